The minimum atomic E-state index is -3.48. The molecular formula is C13H22N2O2S2. The van der Waals surface area contributed by atoms with Crippen LogP contribution >= 0.6 is 11.8 Å². The predicted molar refractivity (Wildman–Crippen MR) is 83.3 cm³/mol. The number of anilines is 1. The highest BCUT2D eigenvalue weighted by atomic mass is 32.2. The van der Waals surface area contributed by atoms with Crippen LogP contribution in [0.2, 0.25) is 0 Å². The van der Waals surface area contributed by atoms with Crippen LogP contribution in [0.3, 0.4) is 0 Å². The highest BCUT2D eigenvalue weighted by Crippen LogP contribution is 2.27. The van der Waals surface area contributed by atoms with Crippen molar-refractivity contribution in [2.75, 3.05) is 24.3 Å². The second kappa shape index (κ2) is 6.63. The standard InChI is InChI=1S/C13H22N2O2S2/c1-9-8-10(2)13(11(3)12(9)14)19(16,17)15-6-5-7-18-4/h8,15H,5-7,14H2,1-4H3. The zero-order chi connectivity index (χ0) is 14.6. The van der Waals surface area contributed by atoms with Crippen LogP contribution in [0.15, 0.2) is 11.0 Å². The molecule has 0 fully saturated rings. The van der Waals surface area contributed by atoms with Gasteiger partial charge in [-0.3, -0.25) is 0 Å². The van der Waals surface area contributed by atoms with Gasteiger partial charge in [-0.25, -0.2) is 13.1 Å². The van der Waals surface area contributed by atoms with Gasteiger partial charge in [0.1, 0.15) is 0 Å². The summed E-state index contributed by atoms with van der Waals surface area (Å²) in [6.07, 6.45) is 2.82. The van der Waals surface area contributed by atoms with E-state index in [0.29, 0.717) is 22.7 Å². The molecule has 0 spiro atoms. The molecule has 6 heteroatoms. The molecule has 1 aromatic carbocycles. The summed E-state index contributed by atoms with van der Waals surface area (Å²) < 4.78 is 27.3. The summed E-state index contributed by atoms with van der Waals surface area (Å²) in [5, 5.41) is 0. The smallest absolute Gasteiger partial charge is 0.241 e. The van der Waals surface area contributed by atoms with Crippen LogP contribution in [0, 0.1) is 20.8 Å². The van der Waals surface area contributed by atoms with E-state index in [-0.39, 0.29) is 0 Å². The van der Waals surface area contributed by atoms with Crippen molar-refractivity contribution >= 4 is 27.5 Å². The maximum absolute atomic E-state index is 12.3. The summed E-state index contributed by atoms with van der Waals surface area (Å²) >= 11 is 1.70. The number of hydrogen-bond acceptors (Lipinski definition) is 4. The van der Waals surface area contributed by atoms with Crippen molar-refractivity contribution in [3.63, 3.8) is 0 Å². The van der Waals surface area contributed by atoms with E-state index in [1.165, 1.54) is 0 Å². The molecule has 1 rings (SSSR count). The Morgan fingerprint density at radius 2 is 1.89 bits per heavy atom. The molecule has 0 aliphatic carbocycles. The Hall–Kier alpha value is -0.720. The number of sulfonamides is 1. The summed E-state index contributed by atoms with van der Waals surface area (Å²) in [6, 6.07) is 1.82. The summed E-state index contributed by atoms with van der Waals surface area (Å²) in [4.78, 5) is 0.319. The van der Waals surface area contributed by atoms with Crippen LogP contribution in [0.1, 0.15) is 23.1 Å². The van der Waals surface area contributed by atoms with Crippen LogP contribution < -0.4 is 10.5 Å². The van der Waals surface area contributed by atoms with Crippen molar-refractivity contribution in [1.29, 1.82) is 0 Å². The third-order valence-electron chi connectivity index (χ3n) is 3.05. The molecule has 3 N–H and O–H groups in total. The first-order chi connectivity index (χ1) is 8.81. The van der Waals surface area contributed by atoms with Gasteiger partial charge in [-0.2, -0.15) is 11.8 Å². The van der Waals surface area contributed by atoms with Gasteiger partial charge in [-0.1, -0.05) is 6.07 Å². The average molecular weight is 302 g/mol. The summed E-state index contributed by atoms with van der Waals surface area (Å²) in [5.74, 6) is 0.941. The lowest BCUT2D eigenvalue weighted by molar-refractivity contribution is 0.580. The molecule has 19 heavy (non-hydrogen) atoms. The van der Waals surface area contributed by atoms with Crippen LogP contribution in [-0.4, -0.2) is 27.0 Å². The predicted octanol–water partition coefficient (Wildman–Crippen LogP) is 2.23. The third-order valence-corrected chi connectivity index (χ3v) is 5.49. The number of nitrogens with two attached hydrogens (primary N) is 1. The van der Waals surface area contributed by atoms with Crippen molar-refractivity contribution in [1.82, 2.24) is 4.72 Å². The van der Waals surface area contributed by atoms with Crippen LogP contribution in [0.5, 0.6) is 0 Å². The second-order valence-corrected chi connectivity index (χ2v) is 7.31. The minimum Gasteiger partial charge on any atom is -0.398 e. The molecule has 0 unspecified atom stereocenters. The number of thioether (sulfide) groups is 1. The molecule has 0 bridgehead atoms. The van der Waals surface area contributed by atoms with Gasteiger partial charge in [0.2, 0.25) is 10.0 Å². The Morgan fingerprint density at radius 1 is 1.26 bits per heavy atom. The zero-order valence-electron chi connectivity index (χ0n) is 11.9. The van der Waals surface area contributed by atoms with E-state index in [1.807, 2.05) is 19.2 Å². The van der Waals surface area contributed by atoms with E-state index in [1.54, 1.807) is 25.6 Å². The van der Waals surface area contributed by atoms with Gasteiger partial charge < -0.3 is 5.73 Å². The molecule has 0 saturated heterocycles. The van der Waals surface area contributed by atoms with Crippen LogP contribution in [0.25, 0.3) is 0 Å². The van der Waals surface area contributed by atoms with E-state index < -0.39 is 10.0 Å². The largest absolute Gasteiger partial charge is 0.398 e. The molecule has 108 valence electrons. The van der Waals surface area contributed by atoms with Crippen molar-refractivity contribution in [2.24, 2.45) is 0 Å². The van der Waals surface area contributed by atoms with E-state index in [0.717, 1.165) is 23.3 Å². The molecule has 4 nitrogen and oxygen atoms in total. The SMILES string of the molecule is CSCCCNS(=O)(=O)c1c(C)cc(C)c(N)c1C. The van der Waals surface area contributed by atoms with Gasteiger partial charge in [0, 0.05) is 12.2 Å². The molecule has 0 heterocycles. The highest BCUT2D eigenvalue weighted by Gasteiger charge is 2.21. The molecule has 0 atom stereocenters. The Balaban J connectivity index is 3.05. The lowest BCUT2D eigenvalue weighted by atomic mass is 10.1. The summed E-state index contributed by atoms with van der Waals surface area (Å²) in [5.41, 5.74) is 8.77. The van der Waals surface area contributed by atoms with Gasteiger partial charge in [-0.05, 0) is 55.9 Å². The first-order valence-electron chi connectivity index (χ1n) is 6.16. The number of nitrogen functional groups attached to an aromatic ring is 1. The fourth-order valence-electron chi connectivity index (χ4n) is 2.09. The molecule has 0 aliphatic heterocycles. The number of rotatable bonds is 6. The second-order valence-electron chi connectivity index (χ2n) is 4.62. The highest BCUT2D eigenvalue weighted by molar-refractivity contribution is 7.98. The molecule has 0 aromatic heterocycles. The Bertz CT molecular complexity index is 554. The molecule has 0 saturated carbocycles. The maximum atomic E-state index is 12.3. The Kier molecular flexibility index (Phi) is 5.70. The average Bonchev–Trinajstić information content (AvgIpc) is 2.31. The van der Waals surface area contributed by atoms with Crippen molar-refractivity contribution in [3.8, 4) is 0 Å². The van der Waals surface area contributed by atoms with Gasteiger partial charge in [0.05, 0.1) is 4.90 Å². The Morgan fingerprint density at radius 3 is 2.47 bits per heavy atom. The van der Waals surface area contributed by atoms with Crippen molar-refractivity contribution in [3.05, 3.63) is 22.8 Å². The van der Waals surface area contributed by atoms with E-state index in [4.69, 9.17) is 5.73 Å². The zero-order valence-corrected chi connectivity index (χ0v) is 13.5. The number of aryl methyl sites for hydroxylation is 2. The fraction of sp³-hybridized carbons (Fsp3) is 0.538. The topological polar surface area (TPSA) is 72.2 Å². The van der Waals surface area contributed by atoms with Gasteiger partial charge in [0.25, 0.3) is 0 Å². The minimum absolute atomic E-state index is 0.319. The summed E-state index contributed by atoms with van der Waals surface area (Å²) in [6.45, 7) is 5.90. The van der Waals surface area contributed by atoms with Crippen molar-refractivity contribution < 1.29 is 8.42 Å². The molecule has 1 aromatic rings. The first kappa shape index (κ1) is 16.3. The number of hydrogen-bond donors (Lipinski definition) is 2. The van der Waals surface area contributed by atoms with Crippen LogP contribution in [-0.2, 0) is 10.0 Å². The molecule has 0 amide bonds. The first-order valence-corrected chi connectivity index (χ1v) is 9.04. The van der Waals surface area contributed by atoms with Gasteiger partial charge in [0.15, 0.2) is 0 Å². The van der Waals surface area contributed by atoms with E-state index >= 15 is 0 Å². The van der Waals surface area contributed by atoms with E-state index in [2.05, 4.69) is 4.72 Å². The third kappa shape index (κ3) is 3.87. The van der Waals surface area contributed by atoms with Gasteiger partial charge >= 0.3 is 0 Å². The molecular weight excluding hydrogens is 280 g/mol. The lowest BCUT2D eigenvalue weighted by Crippen LogP contribution is -2.27. The maximum Gasteiger partial charge on any atom is 0.241 e. The normalized spacial score (nSPS) is 11.8. The summed E-state index contributed by atoms with van der Waals surface area (Å²) in [7, 11) is -3.48. The monoisotopic (exact) mass is 302 g/mol. The van der Waals surface area contributed by atoms with Gasteiger partial charge in [-0.15, -0.1) is 0 Å². The number of benzene rings is 1. The van der Waals surface area contributed by atoms with Crippen molar-refractivity contribution in [2.45, 2.75) is 32.1 Å². The molecule has 0 radical (unpaired) electrons. The quantitative estimate of drug-likeness (QED) is 0.624. The molecule has 0 aliphatic rings. The lowest BCUT2D eigenvalue weighted by Gasteiger charge is -2.15. The number of nitrogens with one attached hydrogen (secondary N) is 1. The van der Waals surface area contributed by atoms with E-state index in [9.17, 15) is 8.42 Å². The van der Waals surface area contributed by atoms with Crippen LogP contribution in [0.4, 0.5) is 5.69 Å². The Labute approximate surface area is 120 Å². The fourth-order valence-corrected chi connectivity index (χ4v) is 4.08.